The fourth-order valence-electron chi connectivity index (χ4n) is 2.53. The smallest absolute Gasteiger partial charge is 0.229 e. The molecule has 2 fully saturated rings. The number of aromatic nitrogens is 2. The Hall–Kier alpha value is -1.52. The van der Waals surface area contributed by atoms with Crippen LogP contribution in [-0.4, -0.2) is 30.7 Å². The van der Waals surface area contributed by atoms with Crippen molar-refractivity contribution in [1.82, 2.24) is 9.97 Å². The number of hydrogen-bond donors (Lipinski definition) is 1. The summed E-state index contributed by atoms with van der Waals surface area (Å²) in [6.45, 7) is 0.966. The number of methoxy groups -OCH3 is 2. The number of hydrogen-bond acceptors (Lipinski definition) is 5. The normalized spacial score (nSPS) is 20.3. The fraction of sp³-hybridized carbons (Fsp3) is 0.692. The van der Waals surface area contributed by atoms with Crippen LogP contribution in [0.3, 0.4) is 0 Å². The van der Waals surface area contributed by atoms with Gasteiger partial charge >= 0.3 is 0 Å². The highest BCUT2D eigenvalue weighted by Crippen LogP contribution is 2.61. The first-order valence-corrected chi connectivity index (χ1v) is 6.47. The monoisotopic (exact) mass is 249 g/mol. The van der Waals surface area contributed by atoms with E-state index in [9.17, 15) is 0 Å². The van der Waals surface area contributed by atoms with Crippen molar-refractivity contribution in [2.45, 2.75) is 25.7 Å². The topological polar surface area (TPSA) is 56.3 Å². The molecule has 1 aromatic heterocycles. The Labute approximate surface area is 107 Å². The second-order valence-electron chi connectivity index (χ2n) is 5.27. The molecule has 1 aromatic rings. The molecule has 3 rings (SSSR count). The molecule has 1 N–H and O–H groups in total. The molecule has 0 atom stereocenters. The van der Waals surface area contributed by atoms with E-state index in [4.69, 9.17) is 9.47 Å². The first-order chi connectivity index (χ1) is 8.75. The van der Waals surface area contributed by atoms with Gasteiger partial charge in [-0.25, -0.2) is 0 Å². The minimum Gasteiger partial charge on any atom is -0.481 e. The SMILES string of the molecule is COc1cc(OC)nc(NCC2(C3CC3)CC2)n1. The third-order valence-corrected chi connectivity index (χ3v) is 4.03. The second kappa shape index (κ2) is 4.30. The van der Waals surface area contributed by atoms with Gasteiger partial charge in [0.05, 0.1) is 20.3 Å². The molecule has 1 heterocycles. The Morgan fingerprint density at radius 2 is 1.83 bits per heavy atom. The highest BCUT2D eigenvalue weighted by atomic mass is 16.5. The fourth-order valence-corrected chi connectivity index (χ4v) is 2.53. The van der Waals surface area contributed by atoms with Crippen molar-refractivity contribution >= 4 is 5.95 Å². The number of anilines is 1. The average Bonchev–Trinajstić information content (AvgIpc) is 3.28. The van der Waals surface area contributed by atoms with Gasteiger partial charge in [-0.05, 0) is 37.0 Å². The van der Waals surface area contributed by atoms with Crippen molar-refractivity contribution in [3.8, 4) is 11.8 Å². The molecule has 0 aliphatic heterocycles. The van der Waals surface area contributed by atoms with Crippen molar-refractivity contribution < 1.29 is 9.47 Å². The summed E-state index contributed by atoms with van der Waals surface area (Å²) >= 11 is 0. The summed E-state index contributed by atoms with van der Waals surface area (Å²) in [5.41, 5.74) is 0.527. The second-order valence-corrected chi connectivity index (χ2v) is 5.27. The molecule has 18 heavy (non-hydrogen) atoms. The standard InChI is InChI=1S/C13H19N3O2/c1-17-10-7-11(18-2)16-12(15-10)14-8-13(5-6-13)9-3-4-9/h7,9H,3-6,8H2,1-2H3,(H,14,15,16). The number of nitrogens with one attached hydrogen (secondary N) is 1. The maximum Gasteiger partial charge on any atom is 0.229 e. The van der Waals surface area contributed by atoms with E-state index in [0.717, 1.165) is 12.5 Å². The first kappa shape index (κ1) is 11.6. The lowest BCUT2D eigenvalue weighted by molar-refractivity contribution is 0.372. The van der Waals surface area contributed by atoms with Gasteiger partial charge in [0.2, 0.25) is 17.7 Å². The summed E-state index contributed by atoms with van der Waals surface area (Å²) in [5.74, 6) is 2.58. The molecule has 5 nitrogen and oxygen atoms in total. The van der Waals surface area contributed by atoms with Crippen LogP contribution in [0.2, 0.25) is 0 Å². The van der Waals surface area contributed by atoms with Crippen LogP contribution in [0.4, 0.5) is 5.95 Å². The molecule has 0 unspecified atom stereocenters. The molecular formula is C13H19N3O2. The van der Waals surface area contributed by atoms with E-state index < -0.39 is 0 Å². The van der Waals surface area contributed by atoms with Gasteiger partial charge in [0.1, 0.15) is 0 Å². The Kier molecular flexibility index (Phi) is 2.76. The summed E-state index contributed by atoms with van der Waals surface area (Å²) in [6.07, 6.45) is 5.46. The van der Waals surface area contributed by atoms with Crippen molar-refractivity contribution in [2.75, 3.05) is 26.1 Å². The van der Waals surface area contributed by atoms with Gasteiger partial charge in [0.25, 0.3) is 0 Å². The molecule has 2 aliphatic carbocycles. The molecule has 2 saturated carbocycles. The predicted octanol–water partition coefficient (Wildman–Crippen LogP) is 2.10. The molecule has 0 saturated heterocycles. The predicted molar refractivity (Wildman–Crippen MR) is 68.0 cm³/mol. The molecule has 98 valence electrons. The maximum absolute atomic E-state index is 5.13. The average molecular weight is 249 g/mol. The molecule has 5 heteroatoms. The number of nitrogens with zero attached hydrogens (tertiary/aromatic N) is 2. The van der Waals surface area contributed by atoms with Gasteiger partial charge in [-0.3, -0.25) is 0 Å². The molecule has 2 aliphatic rings. The van der Waals surface area contributed by atoms with E-state index in [1.165, 1.54) is 25.7 Å². The van der Waals surface area contributed by atoms with Crippen LogP contribution in [0.25, 0.3) is 0 Å². The summed E-state index contributed by atoms with van der Waals surface area (Å²) in [7, 11) is 3.19. The Morgan fingerprint density at radius 3 is 2.28 bits per heavy atom. The van der Waals surface area contributed by atoms with E-state index in [0.29, 0.717) is 23.1 Å². The van der Waals surface area contributed by atoms with E-state index in [2.05, 4.69) is 15.3 Å². The lowest BCUT2D eigenvalue weighted by Gasteiger charge is -2.15. The van der Waals surface area contributed by atoms with Crippen LogP contribution in [0, 0.1) is 11.3 Å². The van der Waals surface area contributed by atoms with Gasteiger partial charge in [0, 0.05) is 6.54 Å². The van der Waals surface area contributed by atoms with Crippen molar-refractivity contribution in [1.29, 1.82) is 0 Å². The van der Waals surface area contributed by atoms with Gasteiger partial charge in [-0.1, -0.05) is 0 Å². The van der Waals surface area contributed by atoms with Crippen molar-refractivity contribution in [2.24, 2.45) is 11.3 Å². The maximum atomic E-state index is 5.13. The molecule has 0 bridgehead atoms. The third kappa shape index (κ3) is 2.21. The van der Waals surface area contributed by atoms with E-state index in [-0.39, 0.29) is 0 Å². The van der Waals surface area contributed by atoms with Gasteiger partial charge in [-0.15, -0.1) is 0 Å². The van der Waals surface area contributed by atoms with Crippen molar-refractivity contribution in [3.63, 3.8) is 0 Å². The molecular weight excluding hydrogens is 230 g/mol. The summed E-state index contributed by atoms with van der Waals surface area (Å²) < 4.78 is 10.3. The van der Waals surface area contributed by atoms with Crippen LogP contribution in [0.15, 0.2) is 6.07 Å². The third-order valence-electron chi connectivity index (χ3n) is 4.03. The largest absolute Gasteiger partial charge is 0.481 e. The number of ether oxygens (including phenoxy) is 2. The van der Waals surface area contributed by atoms with Crippen LogP contribution in [-0.2, 0) is 0 Å². The Morgan fingerprint density at radius 1 is 1.22 bits per heavy atom. The zero-order valence-electron chi connectivity index (χ0n) is 10.9. The van der Waals surface area contributed by atoms with Gasteiger partial charge in [-0.2, -0.15) is 9.97 Å². The molecule has 0 radical (unpaired) electrons. The summed E-state index contributed by atoms with van der Waals surface area (Å²) in [5, 5.41) is 3.34. The van der Waals surface area contributed by atoms with Crippen molar-refractivity contribution in [3.05, 3.63) is 6.07 Å². The zero-order valence-corrected chi connectivity index (χ0v) is 10.9. The molecule has 0 spiro atoms. The highest BCUT2D eigenvalue weighted by Gasteiger charge is 2.53. The van der Waals surface area contributed by atoms with E-state index >= 15 is 0 Å². The van der Waals surface area contributed by atoms with Crippen LogP contribution >= 0.6 is 0 Å². The lowest BCUT2D eigenvalue weighted by atomic mass is 10.0. The quantitative estimate of drug-likeness (QED) is 0.836. The first-order valence-electron chi connectivity index (χ1n) is 6.47. The number of rotatable bonds is 6. The Bertz CT molecular complexity index is 420. The van der Waals surface area contributed by atoms with E-state index in [1.807, 2.05) is 0 Å². The lowest BCUT2D eigenvalue weighted by Crippen LogP contribution is -2.18. The van der Waals surface area contributed by atoms with E-state index in [1.54, 1.807) is 20.3 Å². The Balaban J connectivity index is 1.68. The zero-order chi connectivity index (χ0) is 12.6. The highest BCUT2D eigenvalue weighted by molar-refractivity contribution is 5.34. The van der Waals surface area contributed by atoms with Gasteiger partial charge in [0.15, 0.2) is 0 Å². The summed E-state index contributed by atoms with van der Waals surface area (Å²) in [6, 6.07) is 1.68. The van der Waals surface area contributed by atoms with Crippen LogP contribution in [0.1, 0.15) is 25.7 Å². The minimum absolute atomic E-state index is 0.527. The van der Waals surface area contributed by atoms with Gasteiger partial charge < -0.3 is 14.8 Å². The summed E-state index contributed by atoms with van der Waals surface area (Å²) in [4.78, 5) is 8.57. The van der Waals surface area contributed by atoms with Crippen LogP contribution < -0.4 is 14.8 Å². The van der Waals surface area contributed by atoms with Crippen LogP contribution in [0.5, 0.6) is 11.8 Å². The molecule has 0 amide bonds. The minimum atomic E-state index is 0.527. The molecule has 0 aromatic carbocycles.